The number of ether oxygens (including phenoxy) is 1. The van der Waals surface area contributed by atoms with Crippen LogP contribution in [0.1, 0.15) is 43.7 Å². The molecule has 1 fully saturated rings. The molecule has 4 atom stereocenters. The standard InChI is InChI=1S/C24H30FN5O2/c1-15-19(23(29-28-15)17-8-10-18(25)11-9-17)14-22(31)26-16(2)24-27-20-6-4-5-7-21(20)30(24)12-13-32-3/h4-11,15-16,19,23,28-29H,12-14H2,1-3H3,(H,26,31)/t15?,16-,19?,23?/m0/s1. The quantitative estimate of drug-likeness (QED) is 0.502. The van der Waals surface area contributed by atoms with Crippen molar-refractivity contribution in [2.75, 3.05) is 13.7 Å². The fourth-order valence-corrected chi connectivity index (χ4v) is 4.44. The molecule has 1 amide bonds. The highest BCUT2D eigenvalue weighted by molar-refractivity contribution is 5.78. The minimum Gasteiger partial charge on any atom is -0.383 e. The van der Waals surface area contributed by atoms with Crippen LogP contribution in [-0.2, 0) is 16.1 Å². The van der Waals surface area contributed by atoms with E-state index in [2.05, 4.69) is 20.7 Å². The van der Waals surface area contributed by atoms with Crippen LogP contribution in [0.2, 0.25) is 0 Å². The molecule has 32 heavy (non-hydrogen) atoms. The van der Waals surface area contributed by atoms with Crippen LogP contribution in [0.15, 0.2) is 48.5 Å². The highest BCUT2D eigenvalue weighted by Gasteiger charge is 2.35. The molecule has 3 unspecified atom stereocenters. The third-order valence-electron chi connectivity index (χ3n) is 6.15. The molecule has 3 N–H and O–H groups in total. The number of methoxy groups -OCH3 is 1. The highest BCUT2D eigenvalue weighted by atomic mass is 19.1. The summed E-state index contributed by atoms with van der Waals surface area (Å²) < 4.78 is 20.7. The van der Waals surface area contributed by atoms with Crippen molar-refractivity contribution in [2.45, 2.75) is 44.9 Å². The Morgan fingerprint density at radius 1 is 1.22 bits per heavy atom. The lowest BCUT2D eigenvalue weighted by molar-refractivity contribution is -0.122. The van der Waals surface area contributed by atoms with Crippen molar-refractivity contribution in [2.24, 2.45) is 5.92 Å². The van der Waals surface area contributed by atoms with E-state index in [4.69, 9.17) is 9.72 Å². The first-order valence-corrected chi connectivity index (χ1v) is 11.0. The SMILES string of the molecule is COCCn1c([C@H](C)NC(=O)CC2C(C)NNC2c2ccc(F)cc2)nc2ccccc21. The molecule has 0 saturated carbocycles. The summed E-state index contributed by atoms with van der Waals surface area (Å²) in [5.74, 6) is 0.520. The summed E-state index contributed by atoms with van der Waals surface area (Å²) in [5.41, 5.74) is 9.34. The number of fused-ring (bicyclic) bond motifs is 1. The van der Waals surface area contributed by atoms with Crippen LogP contribution >= 0.6 is 0 Å². The Morgan fingerprint density at radius 3 is 2.72 bits per heavy atom. The van der Waals surface area contributed by atoms with Crippen LogP contribution in [0.4, 0.5) is 4.39 Å². The average Bonchev–Trinajstić information content (AvgIpc) is 3.33. The van der Waals surface area contributed by atoms with Gasteiger partial charge >= 0.3 is 0 Å². The maximum atomic E-state index is 13.3. The number of amides is 1. The summed E-state index contributed by atoms with van der Waals surface area (Å²) in [4.78, 5) is 17.8. The molecular weight excluding hydrogens is 409 g/mol. The fraction of sp³-hybridized carbons (Fsp3) is 0.417. The molecule has 7 nitrogen and oxygen atoms in total. The van der Waals surface area contributed by atoms with Gasteiger partial charge in [-0.25, -0.2) is 14.8 Å². The molecule has 0 bridgehead atoms. The van der Waals surface area contributed by atoms with Crippen molar-refractivity contribution in [1.29, 1.82) is 0 Å². The van der Waals surface area contributed by atoms with Gasteiger partial charge in [0.1, 0.15) is 11.6 Å². The average molecular weight is 440 g/mol. The van der Waals surface area contributed by atoms with E-state index in [-0.39, 0.29) is 35.8 Å². The van der Waals surface area contributed by atoms with Crippen LogP contribution < -0.4 is 16.2 Å². The second-order valence-corrected chi connectivity index (χ2v) is 8.37. The number of nitrogens with one attached hydrogen (secondary N) is 3. The number of nitrogens with zero attached hydrogens (tertiary/aromatic N) is 2. The number of carbonyl (C=O) groups excluding carboxylic acids is 1. The Bertz CT molecular complexity index is 1070. The zero-order valence-corrected chi connectivity index (χ0v) is 18.6. The predicted octanol–water partition coefficient (Wildman–Crippen LogP) is 3.24. The minimum absolute atomic E-state index is 0.0277. The molecule has 3 aromatic rings. The van der Waals surface area contributed by atoms with Crippen molar-refractivity contribution in [3.05, 3.63) is 65.7 Å². The van der Waals surface area contributed by atoms with Crippen molar-refractivity contribution in [3.63, 3.8) is 0 Å². The van der Waals surface area contributed by atoms with Gasteiger partial charge in [-0.05, 0) is 43.7 Å². The maximum Gasteiger partial charge on any atom is 0.220 e. The lowest BCUT2D eigenvalue weighted by atomic mass is 9.87. The summed E-state index contributed by atoms with van der Waals surface area (Å²) in [6, 6.07) is 14.1. The Labute approximate surface area is 187 Å². The molecule has 8 heteroatoms. The lowest BCUT2D eigenvalue weighted by Gasteiger charge is -2.22. The van der Waals surface area contributed by atoms with E-state index in [0.29, 0.717) is 19.6 Å². The van der Waals surface area contributed by atoms with Crippen molar-refractivity contribution in [3.8, 4) is 0 Å². The van der Waals surface area contributed by atoms with Crippen LogP contribution in [0, 0.1) is 11.7 Å². The molecule has 1 aliphatic rings. The Morgan fingerprint density at radius 2 is 1.97 bits per heavy atom. The Hall–Kier alpha value is -2.81. The van der Waals surface area contributed by atoms with Gasteiger partial charge in [0.2, 0.25) is 5.91 Å². The molecule has 1 aromatic heterocycles. The number of aromatic nitrogens is 2. The molecular formula is C24H30FN5O2. The second kappa shape index (κ2) is 9.77. The van der Waals surface area contributed by atoms with Gasteiger partial charge in [0, 0.05) is 32.0 Å². The molecule has 1 saturated heterocycles. The molecule has 0 radical (unpaired) electrons. The summed E-state index contributed by atoms with van der Waals surface area (Å²) in [5, 5.41) is 3.12. The highest BCUT2D eigenvalue weighted by Crippen LogP contribution is 2.31. The van der Waals surface area contributed by atoms with Crippen molar-refractivity contribution >= 4 is 16.9 Å². The number of hydrogen-bond acceptors (Lipinski definition) is 5. The molecule has 170 valence electrons. The summed E-state index contributed by atoms with van der Waals surface area (Å²) in [6.07, 6.45) is 0.339. The number of para-hydroxylation sites is 2. The number of carbonyl (C=O) groups is 1. The third-order valence-corrected chi connectivity index (χ3v) is 6.15. The lowest BCUT2D eigenvalue weighted by Crippen LogP contribution is -2.33. The fourth-order valence-electron chi connectivity index (χ4n) is 4.44. The summed E-state index contributed by atoms with van der Waals surface area (Å²) in [7, 11) is 1.67. The van der Waals surface area contributed by atoms with Gasteiger partial charge in [-0.3, -0.25) is 10.2 Å². The number of imidazole rings is 1. The van der Waals surface area contributed by atoms with Gasteiger partial charge in [0.25, 0.3) is 0 Å². The van der Waals surface area contributed by atoms with E-state index in [1.807, 2.05) is 38.1 Å². The van der Waals surface area contributed by atoms with E-state index in [0.717, 1.165) is 22.4 Å². The predicted molar refractivity (Wildman–Crippen MR) is 121 cm³/mol. The largest absolute Gasteiger partial charge is 0.383 e. The normalized spacial score (nSPS) is 21.7. The smallest absolute Gasteiger partial charge is 0.220 e. The first-order chi connectivity index (χ1) is 15.5. The van der Waals surface area contributed by atoms with Gasteiger partial charge in [-0.1, -0.05) is 24.3 Å². The Balaban J connectivity index is 1.48. The van der Waals surface area contributed by atoms with Crippen molar-refractivity contribution in [1.82, 2.24) is 25.7 Å². The zero-order chi connectivity index (χ0) is 22.7. The second-order valence-electron chi connectivity index (χ2n) is 8.37. The van der Waals surface area contributed by atoms with Gasteiger partial charge < -0.3 is 14.6 Å². The van der Waals surface area contributed by atoms with E-state index in [9.17, 15) is 9.18 Å². The Kier molecular flexibility index (Phi) is 6.83. The number of hydrogen-bond donors (Lipinski definition) is 3. The van der Waals surface area contributed by atoms with Crippen LogP contribution in [-0.4, -0.2) is 35.2 Å². The van der Waals surface area contributed by atoms with Crippen LogP contribution in [0.5, 0.6) is 0 Å². The first-order valence-electron chi connectivity index (χ1n) is 11.0. The first kappa shape index (κ1) is 22.4. The molecule has 4 rings (SSSR count). The maximum absolute atomic E-state index is 13.3. The number of halogens is 1. The van der Waals surface area contributed by atoms with Gasteiger partial charge in [0.15, 0.2) is 0 Å². The van der Waals surface area contributed by atoms with Crippen LogP contribution in [0.3, 0.4) is 0 Å². The molecule has 0 spiro atoms. The van der Waals surface area contributed by atoms with Gasteiger partial charge in [-0.2, -0.15) is 0 Å². The number of rotatable bonds is 8. The number of hydrazine groups is 1. The molecule has 2 aromatic carbocycles. The van der Waals surface area contributed by atoms with Gasteiger partial charge in [0.05, 0.1) is 29.7 Å². The minimum atomic E-state index is -0.271. The van der Waals surface area contributed by atoms with E-state index >= 15 is 0 Å². The monoisotopic (exact) mass is 439 g/mol. The molecule has 1 aliphatic heterocycles. The zero-order valence-electron chi connectivity index (χ0n) is 18.6. The van der Waals surface area contributed by atoms with E-state index in [1.165, 1.54) is 12.1 Å². The van der Waals surface area contributed by atoms with Crippen molar-refractivity contribution < 1.29 is 13.9 Å². The molecule has 0 aliphatic carbocycles. The van der Waals surface area contributed by atoms with Gasteiger partial charge in [-0.15, -0.1) is 0 Å². The summed E-state index contributed by atoms with van der Waals surface area (Å²) >= 11 is 0. The van der Waals surface area contributed by atoms with E-state index < -0.39 is 0 Å². The van der Waals surface area contributed by atoms with E-state index in [1.54, 1.807) is 19.2 Å². The summed E-state index contributed by atoms with van der Waals surface area (Å²) in [6.45, 7) is 5.22. The topological polar surface area (TPSA) is 80.2 Å². The van der Waals surface area contributed by atoms with Crippen LogP contribution in [0.25, 0.3) is 11.0 Å². The molecule has 2 heterocycles. The third kappa shape index (κ3) is 4.67. The number of benzene rings is 2.